The average molecular weight is 363 g/mol. The highest BCUT2D eigenvalue weighted by Crippen LogP contribution is 2.08. The Kier molecular flexibility index (Phi) is 7.94. The molecule has 1 aromatic heterocycles. The summed E-state index contributed by atoms with van der Waals surface area (Å²) >= 11 is 0. The second kappa shape index (κ2) is 9.92. The summed E-state index contributed by atoms with van der Waals surface area (Å²) in [7, 11) is 2.24. The normalized spacial score (nSPS) is 9.92. The number of ketones is 4. The van der Waals surface area contributed by atoms with Gasteiger partial charge in [0.15, 0.2) is 23.1 Å². The smallest absolute Gasteiger partial charge is 0.313 e. The van der Waals surface area contributed by atoms with E-state index in [0.717, 1.165) is 14.2 Å². The van der Waals surface area contributed by atoms with Crippen molar-refractivity contribution < 1.29 is 38.2 Å². The van der Waals surface area contributed by atoms with E-state index in [1.54, 1.807) is 0 Å². The van der Waals surface area contributed by atoms with E-state index in [4.69, 9.17) is 0 Å². The molecule has 0 aliphatic carbocycles. The summed E-state index contributed by atoms with van der Waals surface area (Å²) in [5, 5.41) is 0. The third-order valence-electron chi connectivity index (χ3n) is 3.17. The molecule has 0 aliphatic heterocycles. The zero-order chi connectivity index (χ0) is 19.7. The highest BCUT2D eigenvalue weighted by molar-refractivity contribution is 6.12. The number of methoxy groups -OCH3 is 2. The van der Waals surface area contributed by atoms with Crippen LogP contribution >= 0.6 is 0 Å². The Morgan fingerprint density at radius 2 is 1.12 bits per heavy atom. The fourth-order valence-electron chi connectivity index (χ4n) is 1.88. The van der Waals surface area contributed by atoms with Crippen LogP contribution in [0.2, 0.25) is 0 Å². The van der Waals surface area contributed by atoms with Crippen molar-refractivity contribution >= 4 is 35.1 Å². The van der Waals surface area contributed by atoms with Crippen molar-refractivity contribution in [3.63, 3.8) is 0 Å². The molecule has 1 aromatic rings. The molecule has 0 bridgehead atoms. The molecule has 0 N–H and O–H groups in total. The highest BCUT2D eigenvalue weighted by atomic mass is 16.5. The molecular formula is C17H17NO8. The van der Waals surface area contributed by atoms with Crippen molar-refractivity contribution in [3.05, 3.63) is 29.6 Å². The molecule has 26 heavy (non-hydrogen) atoms. The average Bonchev–Trinajstić information content (AvgIpc) is 2.61. The van der Waals surface area contributed by atoms with E-state index in [9.17, 15) is 28.8 Å². The maximum absolute atomic E-state index is 12.0. The molecule has 0 unspecified atom stereocenters. The van der Waals surface area contributed by atoms with Gasteiger partial charge in [-0.3, -0.25) is 28.8 Å². The lowest BCUT2D eigenvalue weighted by Crippen LogP contribution is -2.17. The summed E-state index contributed by atoms with van der Waals surface area (Å²) in [6.45, 7) is 0. The van der Waals surface area contributed by atoms with E-state index in [-0.39, 0.29) is 11.4 Å². The quantitative estimate of drug-likeness (QED) is 0.331. The number of rotatable bonds is 10. The standard InChI is InChI=1S/C17H17NO8/c1-25-16(23)8-10(19)6-14(21)12-4-3-5-13(18-12)15(22)7-11(20)9-17(24)26-2/h3-5H,6-9H2,1-2H3. The topological polar surface area (TPSA) is 134 Å². The van der Waals surface area contributed by atoms with Gasteiger partial charge in [-0.05, 0) is 12.1 Å². The molecule has 1 rings (SSSR count). The lowest BCUT2D eigenvalue weighted by Gasteiger charge is -2.03. The third kappa shape index (κ3) is 6.71. The molecule has 138 valence electrons. The SMILES string of the molecule is COC(=O)CC(=O)CC(=O)c1cccc(C(=O)CC(=O)CC(=O)OC)n1. The van der Waals surface area contributed by atoms with Crippen molar-refractivity contribution in [2.45, 2.75) is 25.7 Å². The summed E-state index contributed by atoms with van der Waals surface area (Å²) in [6, 6.07) is 3.99. The van der Waals surface area contributed by atoms with Crippen LogP contribution in [0.3, 0.4) is 0 Å². The predicted molar refractivity (Wildman–Crippen MR) is 85.4 cm³/mol. The Bertz CT molecular complexity index is 694. The van der Waals surface area contributed by atoms with Gasteiger partial charge in [0.1, 0.15) is 24.2 Å². The van der Waals surface area contributed by atoms with Gasteiger partial charge in [0.05, 0.1) is 27.1 Å². The third-order valence-corrected chi connectivity index (χ3v) is 3.17. The molecule has 0 radical (unpaired) electrons. The van der Waals surface area contributed by atoms with Gasteiger partial charge in [-0.2, -0.15) is 0 Å². The molecule has 0 aromatic carbocycles. The molecule has 0 atom stereocenters. The summed E-state index contributed by atoms with van der Waals surface area (Å²) in [5.74, 6) is -4.15. The molecular weight excluding hydrogens is 346 g/mol. The van der Waals surface area contributed by atoms with Crippen LogP contribution in [0.5, 0.6) is 0 Å². The van der Waals surface area contributed by atoms with E-state index < -0.39 is 60.8 Å². The molecule has 0 saturated carbocycles. The van der Waals surface area contributed by atoms with Crippen molar-refractivity contribution in [2.24, 2.45) is 0 Å². The minimum absolute atomic E-state index is 0.144. The lowest BCUT2D eigenvalue weighted by atomic mass is 10.1. The molecule has 0 spiro atoms. The van der Waals surface area contributed by atoms with E-state index in [1.165, 1.54) is 18.2 Å². The van der Waals surface area contributed by atoms with Gasteiger partial charge in [-0.1, -0.05) is 6.07 Å². The zero-order valence-electron chi connectivity index (χ0n) is 14.3. The van der Waals surface area contributed by atoms with Gasteiger partial charge in [0.25, 0.3) is 0 Å². The maximum Gasteiger partial charge on any atom is 0.313 e. The summed E-state index contributed by atoms with van der Waals surface area (Å²) in [5.41, 5.74) is -0.288. The van der Waals surface area contributed by atoms with E-state index in [0.29, 0.717) is 0 Å². The summed E-state index contributed by atoms with van der Waals surface area (Å²) in [4.78, 5) is 73.1. The molecule has 1 heterocycles. The molecule has 9 heteroatoms. The molecule has 0 saturated heterocycles. The molecule has 9 nitrogen and oxygen atoms in total. The van der Waals surface area contributed by atoms with Crippen LogP contribution in [0, 0.1) is 0 Å². The highest BCUT2D eigenvalue weighted by Gasteiger charge is 2.20. The Labute approximate surface area is 148 Å². The van der Waals surface area contributed by atoms with Crippen LogP contribution in [0.25, 0.3) is 0 Å². The Balaban J connectivity index is 2.74. The Morgan fingerprint density at radius 1 is 0.731 bits per heavy atom. The number of esters is 2. The largest absolute Gasteiger partial charge is 0.469 e. The van der Waals surface area contributed by atoms with Crippen LogP contribution in [0.4, 0.5) is 0 Å². The first-order valence-corrected chi connectivity index (χ1v) is 7.47. The number of nitrogens with zero attached hydrogens (tertiary/aromatic N) is 1. The maximum atomic E-state index is 12.0. The van der Waals surface area contributed by atoms with Gasteiger partial charge in [-0.25, -0.2) is 4.98 Å². The van der Waals surface area contributed by atoms with Gasteiger partial charge < -0.3 is 9.47 Å². The van der Waals surface area contributed by atoms with Crippen LogP contribution in [-0.2, 0) is 28.7 Å². The predicted octanol–water partition coefficient (Wildman–Crippen LogP) is 0.492. The van der Waals surface area contributed by atoms with Gasteiger partial charge in [0.2, 0.25) is 0 Å². The van der Waals surface area contributed by atoms with Gasteiger partial charge >= 0.3 is 11.9 Å². The van der Waals surface area contributed by atoms with Gasteiger partial charge in [-0.15, -0.1) is 0 Å². The van der Waals surface area contributed by atoms with Crippen molar-refractivity contribution in [1.82, 2.24) is 4.98 Å². The number of aromatic nitrogens is 1. The molecule has 0 amide bonds. The number of pyridine rings is 1. The number of carbonyl (C=O) groups excluding carboxylic acids is 6. The van der Waals surface area contributed by atoms with Gasteiger partial charge in [0, 0.05) is 0 Å². The zero-order valence-corrected chi connectivity index (χ0v) is 14.3. The summed E-state index contributed by atoms with van der Waals surface area (Å²) in [6.07, 6.45) is -2.21. The van der Waals surface area contributed by atoms with Crippen molar-refractivity contribution in [3.8, 4) is 0 Å². The number of hydrogen-bond donors (Lipinski definition) is 0. The number of ether oxygens (including phenoxy) is 2. The monoisotopic (exact) mass is 363 g/mol. The minimum atomic E-state index is -0.760. The molecule has 0 fully saturated rings. The van der Waals surface area contributed by atoms with Crippen molar-refractivity contribution in [2.75, 3.05) is 14.2 Å². The Morgan fingerprint density at radius 3 is 1.46 bits per heavy atom. The van der Waals surface area contributed by atoms with E-state index in [1.807, 2.05) is 0 Å². The van der Waals surface area contributed by atoms with Crippen LogP contribution < -0.4 is 0 Å². The first-order valence-electron chi connectivity index (χ1n) is 7.47. The Hall–Kier alpha value is -3.23. The number of Topliss-reactive ketones (excluding diaryl/α,β-unsaturated/α-hetero) is 4. The fraction of sp³-hybridized carbons (Fsp3) is 0.353. The number of hydrogen-bond acceptors (Lipinski definition) is 9. The van der Waals surface area contributed by atoms with E-state index in [2.05, 4.69) is 14.5 Å². The van der Waals surface area contributed by atoms with Crippen LogP contribution in [0.1, 0.15) is 46.7 Å². The minimum Gasteiger partial charge on any atom is -0.469 e. The second-order valence-electron chi connectivity index (χ2n) is 5.19. The number of carbonyl (C=O) groups is 6. The fourth-order valence-corrected chi connectivity index (χ4v) is 1.88. The van der Waals surface area contributed by atoms with Crippen molar-refractivity contribution in [1.29, 1.82) is 0 Å². The second-order valence-corrected chi connectivity index (χ2v) is 5.19. The van der Waals surface area contributed by atoms with Crippen LogP contribution in [0.15, 0.2) is 18.2 Å². The first kappa shape index (κ1) is 20.8. The van der Waals surface area contributed by atoms with E-state index >= 15 is 0 Å². The first-order chi connectivity index (χ1) is 12.3. The lowest BCUT2D eigenvalue weighted by molar-refractivity contribution is -0.144. The van der Waals surface area contributed by atoms with Crippen LogP contribution in [-0.4, -0.2) is 54.3 Å². The summed E-state index contributed by atoms with van der Waals surface area (Å²) < 4.78 is 8.67. The molecule has 0 aliphatic rings.